The van der Waals surface area contributed by atoms with Crippen LogP contribution in [-0.2, 0) is 7.05 Å². The Morgan fingerprint density at radius 3 is 2.71 bits per heavy atom. The number of halogens is 2. The minimum absolute atomic E-state index is 0.0316. The molecular weight excluding hydrogens is 341 g/mol. The number of benzene rings is 2. The molecule has 3 rings (SSSR count). The predicted octanol–water partition coefficient (Wildman–Crippen LogP) is 3.26. The molecule has 0 N–H and O–H groups in total. The van der Waals surface area contributed by atoms with E-state index in [1.54, 1.807) is 25.2 Å². The SMILES string of the molecule is Cn1c(=O)oc2cc(C(=O)c3ccc(Br)cc3F)ccc21. The summed E-state index contributed by atoms with van der Waals surface area (Å²) in [4.78, 5) is 23.8. The molecule has 1 heterocycles. The quantitative estimate of drug-likeness (QED) is 0.667. The Hall–Kier alpha value is -2.21. The number of hydrogen-bond donors (Lipinski definition) is 0. The third-order valence-electron chi connectivity index (χ3n) is 3.23. The van der Waals surface area contributed by atoms with Gasteiger partial charge >= 0.3 is 5.76 Å². The Kier molecular flexibility index (Phi) is 3.25. The third kappa shape index (κ3) is 2.31. The number of fused-ring (bicyclic) bond motifs is 1. The highest BCUT2D eigenvalue weighted by Gasteiger charge is 2.16. The molecule has 0 saturated carbocycles. The van der Waals surface area contributed by atoms with E-state index < -0.39 is 17.4 Å². The zero-order valence-corrected chi connectivity index (χ0v) is 12.5. The number of oxazole rings is 1. The summed E-state index contributed by atoms with van der Waals surface area (Å²) >= 11 is 3.14. The summed E-state index contributed by atoms with van der Waals surface area (Å²) in [7, 11) is 1.57. The van der Waals surface area contributed by atoms with Crippen LogP contribution in [-0.4, -0.2) is 10.4 Å². The maximum atomic E-state index is 13.8. The lowest BCUT2D eigenvalue weighted by Gasteiger charge is -2.03. The minimum Gasteiger partial charge on any atom is -0.408 e. The summed E-state index contributed by atoms with van der Waals surface area (Å²) in [5.41, 5.74) is 1.10. The van der Waals surface area contributed by atoms with E-state index >= 15 is 0 Å². The first kappa shape index (κ1) is 13.8. The van der Waals surface area contributed by atoms with Gasteiger partial charge in [0.25, 0.3) is 0 Å². The molecular formula is C15H9BrFNO3. The number of carbonyl (C=O) groups is 1. The Labute approximate surface area is 126 Å². The van der Waals surface area contributed by atoms with Crippen molar-refractivity contribution in [2.24, 2.45) is 7.05 Å². The number of aryl methyl sites for hydroxylation is 1. The summed E-state index contributed by atoms with van der Waals surface area (Å²) in [6.45, 7) is 0. The largest absolute Gasteiger partial charge is 0.419 e. The first-order valence-corrected chi connectivity index (χ1v) is 6.86. The van der Waals surface area contributed by atoms with Gasteiger partial charge < -0.3 is 4.42 Å². The molecule has 0 radical (unpaired) electrons. The van der Waals surface area contributed by atoms with Crippen LogP contribution in [0.3, 0.4) is 0 Å². The van der Waals surface area contributed by atoms with Crippen molar-refractivity contribution in [1.82, 2.24) is 4.57 Å². The standard InChI is InChI=1S/C15H9BrFNO3/c1-18-12-5-2-8(6-13(12)21-15(18)20)14(19)10-4-3-9(16)7-11(10)17/h2-7H,1H3. The second kappa shape index (κ2) is 4.96. The van der Waals surface area contributed by atoms with Gasteiger partial charge in [0.1, 0.15) is 5.82 Å². The third-order valence-corrected chi connectivity index (χ3v) is 3.72. The fraction of sp³-hybridized carbons (Fsp3) is 0.0667. The van der Waals surface area contributed by atoms with E-state index in [4.69, 9.17) is 4.42 Å². The molecule has 0 aliphatic rings. The number of carbonyl (C=O) groups excluding carboxylic acids is 1. The topological polar surface area (TPSA) is 52.2 Å². The summed E-state index contributed by atoms with van der Waals surface area (Å²) in [6.07, 6.45) is 0. The average Bonchev–Trinajstić information content (AvgIpc) is 2.73. The second-order valence-electron chi connectivity index (χ2n) is 4.56. The molecule has 0 fully saturated rings. The van der Waals surface area contributed by atoms with E-state index in [0.29, 0.717) is 15.6 Å². The molecule has 0 amide bonds. The lowest BCUT2D eigenvalue weighted by atomic mass is 10.0. The van der Waals surface area contributed by atoms with Gasteiger partial charge in [-0.25, -0.2) is 9.18 Å². The Morgan fingerprint density at radius 2 is 2.00 bits per heavy atom. The molecule has 6 heteroatoms. The minimum atomic E-state index is -0.607. The normalized spacial score (nSPS) is 11.0. The van der Waals surface area contributed by atoms with Crippen molar-refractivity contribution in [3.05, 3.63) is 68.4 Å². The fourth-order valence-corrected chi connectivity index (χ4v) is 2.44. The van der Waals surface area contributed by atoms with Crippen LogP contribution in [0.25, 0.3) is 11.1 Å². The van der Waals surface area contributed by atoms with Crippen molar-refractivity contribution in [2.75, 3.05) is 0 Å². The maximum Gasteiger partial charge on any atom is 0.419 e. The van der Waals surface area contributed by atoms with Crippen molar-refractivity contribution < 1.29 is 13.6 Å². The molecule has 0 unspecified atom stereocenters. The maximum absolute atomic E-state index is 13.8. The summed E-state index contributed by atoms with van der Waals surface area (Å²) in [5, 5.41) is 0. The smallest absolute Gasteiger partial charge is 0.408 e. The molecule has 0 saturated heterocycles. The molecule has 0 atom stereocenters. The van der Waals surface area contributed by atoms with Crippen LogP contribution in [0, 0.1) is 5.82 Å². The van der Waals surface area contributed by atoms with Gasteiger partial charge in [-0.05, 0) is 36.4 Å². The number of hydrogen-bond acceptors (Lipinski definition) is 3. The number of nitrogens with zero attached hydrogens (tertiary/aromatic N) is 1. The number of aromatic nitrogens is 1. The molecule has 0 aliphatic carbocycles. The Morgan fingerprint density at radius 1 is 1.24 bits per heavy atom. The van der Waals surface area contributed by atoms with Crippen LogP contribution in [0.2, 0.25) is 0 Å². The van der Waals surface area contributed by atoms with E-state index in [-0.39, 0.29) is 11.1 Å². The second-order valence-corrected chi connectivity index (χ2v) is 5.48. The highest BCUT2D eigenvalue weighted by Crippen LogP contribution is 2.21. The first-order chi connectivity index (χ1) is 9.97. The summed E-state index contributed by atoms with van der Waals surface area (Å²) in [6, 6.07) is 8.82. The fourth-order valence-electron chi connectivity index (χ4n) is 2.10. The zero-order chi connectivity index (χ0) is 15.1. The van der Waals surface area contributed by atoms with E-state index in [2.05, 4.69) is 15.9 Å². The van der Waals surface area contributed by atoms with Gasteiger partial charge in [-0.3, -0.25) is 9.36 Å². The van der Waals surface area contributed by atoms with Crippen molar-refractivity contribution in [3.8, 4) is 0 Å². The average molecular weight is 350 g/mol. The molecule has 0 aliphatic heterocycles. The van der Waals surface area contributed by atoms with Crippen LogP contribution in [0.15, 0.2) is 50.1 Å². The number of ketones is 1. The van der Waals surface area contributed by atoms with Gasteiger partial charge in [0.15, 0.2) is 11.4 Å². The van der Waals surface area contributed by atoms with E-state index in [1.807, 2.05) is 0 Å². The molecule has 1 aromatic heterocycles. The molecule has 106 valence electrons. The predicted molar refractivity (Wildman–Crippen MR) is 79.0 cm³/mol. The van der Waals surface area contributed by atoms with Crippen molar-refractivity contribution in [2.45, 2.75) is 0 Å². The van der Waals surface area contributed by atoms with Crippen molar-refractivity contribution in [3.63, 3.8) is 0 Å². The highest BCUT2D eigenvalue weighted by molar-refractivity contribution is 9.10. The van der Waals surface area contributed by atoms with Gasteiger partial charge in [0.05, 0.1) is 11.1 Å². The van der Waals surface area contributed by atoms with Gasteiger partial charge in [0.2, 0.25) is 0 Å². The molecule has 0 bridgehead atoms. The van der Waals surface area contributed by atoms with Crippen LogP contribution < -0.4 is 5.76 Å². The molecule has 0 spiro atoms. The molecule has 21 heavy (non-hydrogen) atoms. The van der Waals surface area contributed by atoms with Gasteiger partial charge in [-0.1, -0.05) is 15.9 Å². The lowest BCUT2D eigenvalue weighted by molar-refractivity contribution is 0.103. The van der Waals surface area contributed by atoms with Crippen LogP contribution in [0.1, 0.15) is 15.9 Å². The number of rotatable bonds is 2. The van der Waals surface area contributed by atoms with E-state index in [0.717, 1.165) is 0 Å². The van der Waals surface area contributed by atoms with Crippen LogP contribution in [0.4, 0.5) is 4.39 Å². The zero-order valence-electron chi connectivity index (χ0n) is 10.9. The molecule has 2 aromatic carbocycles. The van der Waals surface area contributed by atoms with Crippen molar-refractivity contribution in [1.29, 1.82) is 0 Å². The van der Waals surface area contributed by atoms with Gasteiger partial charge in [-0.15, -0.1) is 0 Å². The summed E-state index contributed by atoms with van der Waals surface area (Å²) in [5.74, 6) is -1.58. The Bertz CT molecular complexity index is 926. The lowest BCUT2D eigenvalue weighted by Crippen LogP contribution is -2.08. The van der Waals surface area contributed by atoms with Gasteiger partial charge in [-0.2, -0.15) is 0 Å². The Balaban J connectivity index is 2.11. The van der Waals surface area contributed by atoms with E-state index in [9.17, 15) is 14.0 Å². The van der Waals surface area contributed by atoms with Crippen LogP contribution >= 0.6 is 15.9 Å². The highest BCUT2D eigenvalue weighted by atomic mass is 79.9. The van der Waals surface area contributed by atoms with Gasteiger partial charge in [0, 0.05) is 17.1 Å². The summed E-state index contributed by atoms with van der Waals surface area (Å²) < 4.78 is 20.8. The van der Waals surface area contributed by atoms with Crippen molar-refractivity contribution >= 4 is 32.8 Å². The molecule has 4 nitrogen and oxygen atoms in total. The van der Waals surface area contributed by atoms with E-state index in [1.165, 1.54) is 22.8 Å². The van der Waals surface area contributed by atoms with Crippen LogP contribution in [0.5, 0.6) is 0 Å². The monoisotopic (exact) mass is 349 g/mol. The molecule has 3 aromatic rings. The first-order valence-electron chi connectivity index (χ1n) is 6.06.